The van der Waals surface area contributed by atoms with Crippen LogP contribution in [0.3, 0.4) is 0 Å². The number of nitrogens with two attached hydrogens (primary N) is 2. The molecule has 0 spiro atoms. The van der Waals surface area contributed by atoms with E-state index in [4.69, 9.17) is 26.1 Å². The first-order valence-corrected chi connectivity index (χ1v) is 5.17. The van der Waals surface area contributed by atoms with Crippen LogP contribution in [-0.4, -0.2) is 30.1 Å². The van der Waals surface area contributed by atoms with Crippen LogP contribution in [0.15, 0.2) is 24.3 Å². The van der Waals surface area contributed by atoms with Crippen molar-refractivity contribution in [2.45, 2.75) is 18.9 Å². The molecule has 0 fully saturated rings. The van der Waals surface area contributed by atoms with Crippen LogP contribution < -0.4 is 16.2 Å². The van der Waals surface area contributed by atoms with Crippen molar-refractivity contribution in [3.8, 4) is 5.75 Å². The van der Waals surface area contributed by atoms with E-state index in [2.05, 4.69) is 0 Å². The Balaban J connectivity index is 0.000000873. The van der Waals surface area contributed by atoms with E-state index >= 15 is 0 Å². The monoisotopic (exact) mass is 254 g/mol. The molecule has 0 aliphatic carbocycles. The van der Waals surface area contributed by atoms with Gasteiger partial charge < -0.3 is 21.3 Å². The van der Waals surface area contributed by atoms with Crippen LogP contribution in [0.1, 0.15) is 12.5 Å². The SMILES string of the molecule is COc1ccc(CC(C)(N)C(N)=O)cc1.O=CO. The number of carbonyl (C=O) groups is 2. The zero-order valence-electron chi connectivity index (χ0n) is 10.4. The Labute approximate surface area is 106 Å². The highest BCUT2D eigenvalue weighted by molar-refractivity contribution is 5.84. The number of carboxylic acid groups (broad SMARTS) is 1. The van der Waals surface area contributed by atoms with Gasteiger partial charge >= 0.3 is 0 Å². The molecule has 0 heterocycles. The van der Waals surface area contributed by atoms with Gasteiger partial charge in [0.25, 0.3) is 6.47 Å². The number of ether oxygens (including phenoxy) is 1. The number of primary amides is 1. The molecule has 1 rings (SSSR count). The molecule has 6 nitrogen and oxygen atoms in total. The number of rotatable bonds is 4. The number of hydrogen-bond acceptors (Lipinski definition) is 4. The number of carbonyl (C=O) groups excluding carboxylic acids is 1. The predicted molar refractivity (Wildman–Crippen MR) is 67.2 cm³/mol. The van der Waals surface area contributed by atoms with Crippen LogP contribution in [0.25, 0.3) is 0 Å². The number of amides is 1. The molecule has 1 aromatic rings. The summed E-state index contributed by atoms with van der Waals surface area (Å²) in [6.07, 6.45) is 0.423. The third-order valence-corrected chi connectivity index (χ3v) is 2.29. The summed E-state index contributed by atoms with van der Waals surface area (Å²) in [6, 6.07) is 7.39. The van der Waals surface area contributed by atoms with Gasteiger partial charge in [0.1, 0.15) is 5.75 Å². The van der Waals surface area contributed by atoms with Gasteiger partial charge in [0, 0.05) is 0 Å². The molecule has 0 saturated heterocycles. The molecule has 0 saturated carbocycles. The van der Waals surface area contributed by atoms with E-state index in [-0.39, 0.29) is 6.47 Å². The Bertz CT molecular complexity index is 388. The minimum atomic E-state index is -1.01. The van der Waals surface area contributed by atoms with E-state index in [0.29, 0.717) is 6.42 Å². The second-order valence-electron chi connectivity index (χ2n) is 3.91. The van der Waals surface area contributed by atoms with Crippen molar-refractivity contribution in [2.24, 2.45) is 11.5 Å². The Morgan fingerprint density at radius 2 is 1.89 bits per heavy atom. The average molecular weight is 254 g/mol. The molecule has 1 amide bonds. The van der Waals surface area contributed by atoms with Crippen molar-refractivity contribution in [1.82, 2.24) is 0 Å². The number of benzene rings is 1. The minimum Gasteiger partial charge on any atom is -0.497 e. The van der Waals surface area contributed by atoms with Gasteiger partial charge in [-0.25, -0.2) is 0 Å². The lowest BCUT2D eigenvalue weighted by Crippen LogP contribution is -2.51. The van der Waals surface area contributed by atoms with Crippen LogP contribution in [0.2, 0.25) is 0 Å². The van der Waals surface area contributed by atoms with Gasteiger partial charge in [0.05, 0.1) is 12.6 Å². The lowest BCUT2D eigenvalue weighted by Gasteiger charge is -2.20. The maximum absolute atomic E-state index is 11.0. The molecule has 18 heavy (non-hydrogen) atoms. The van der Waals surface area contributed by atoms with Gasteiger partial charge in [-0.2, -0.15) is 0 Å². The Morgan fingerprint density at radius 3 is 2.22 bits per heavy atom. The van der Waals surface area contributed by atoms with Crippen LogP contribution in [-0.2, 0) is 16.0 Å². The summed E-state index contributed by atoms with van der Waals surface area (Å²) in [4.78, 5) is 19.4. The van der Waals surface area contributed by atoms with Crippen molar-refractivity contribution in [3.05, 3.63) is 29.8 Å². The van der Waals surface area contributed by atoms with Crippen molar-refractivity contribution < 1.29 is 19.4 Å². The third kappa shape index (κ3) is 5.31. The van der Waals surface area contributed by atoms with E-state index in [9.17, 15) is 4.79 Å². The van der Waals surface area contributed by atoms with Gasteiger partial charge in [0.2, 0.25) is 5.91 Å². The molecular weight excluding hydrogens is 236 g/mol. The smallest absolute Gasteiger partial charge is 0.290 e. The fourth-order valence-electron chi connectivity index (χ4n) is 1.25. The summed E-state index contributed by atoms with van der Waals surface area (Å²) in [5, 5.41) is 6.89. The second kappa shape index (κ2) is 7.29. The van der Waals surface area contributed by atoms with Gasteiger partial charge in [-0.15, -0.1) is 0 Å². The Hall–Kier alpha value is -2.08. The standard InChI is InChI=1S/C11H16N2O2.CH2O2/c1-11(13,10(12)14)7-8-3-5-9(15-2)6-4-8;2-1-3/h3-6H,7,13H2,1-2H3,(H2,12,14);1H,(H,2,3). The fourth-order valence-corrected chi connectivity index (χ4v) is 1.25. The van der Waals surface area contributed by atoms with Crippen molar-refractivity contribution in [3.63, 3.8) is 0 Å². The zero-order valence-corrected chi connectivity index (χ0v) is 10.4. The van der Waals surface area contributed by atoms with Crippen LogP contribution in [0, 0.1) is 0 Å². The fraction of sp³-hybridized carbons (Fsp3) is 0.333. The van der Waals surface area contributed by atoms with E-state index in [1.54, 1.807) is 14.0 Å². The largest absolute Gasteiger partial charge is 0.497 e. The van der Waals surface area contributed by atoms with Crippen molar-refractivity contribution in [2.75, 3.05) is 7.11 Å². The van der Waals surface area contributed by atoms with Gasteiger partial charge in [0.15, 0.2) is 0 Å². The Kier molecular flexibility index (Phi) is 6.44. The predicted octanol–water partition coefficient (Wildman–Crippen LogP) is 0.141. The maximum Gasteiger partial charge on any atom is 0.290 e. The third-order valence-electron chi connectivity index (χ3n) is 2.29. The summed E-state index contributed by atoms with van der Waals surface area (Å²) in [5.41, 5.74) is 10.9. The number of hydrogen-bond donors (Lipinski definition) is 3. The molecule has 0 bridgehead atoms. The Morgan fingerprint density at radius 1 is 1.44 bits per heavy atom. The highest BCUT2D eigenvalue weighted by Crippen LogP contribution is 2.15. The van der Waals surface area contributed by atoms with Crippen molar-refractivity contribution >= 4 is 12.4 Å². The van der Waals surface area contributed by atoms with E-state index < -0.39 is 11.4 Å². The van der Waals surface area contributed by atoms with Crippen molar-refractivity contribution in [1.29, 1.82) is 0 Å². The van der Waals surface area contributed by atoms with E-state index in [1.165, 1.54) is 0 Å². The molecule has 0 aliphatic rings. The summed E-state index contributed by atoms with van der Waals surface area (Å²) in [7, 11) is 1.60. The molecule has 1 unspecified atom stereocenters. The maximum atomic E-state index is 11.0. The first kappa shape index (κ1) is 15.9. The highest BCUT2D eigenvalue weighted by Gasteiger charge is 2.25. The highest BCUT2D eigenvalue weighted by atomic mass is 16.5. The minimum absolute atomic E-state index is 0.250. The zero-order chi connectivity index (χ0) is 14.2. The van der Waals surface area contributed by atoms with Crippen LogP contribution in [0.4, 0.5) is 0 Å². The summed E-state index contributed by atoms with van der Waals surface area (Å²) in [5.74, 6) is 0.273. The quantitative estimate of drug-likeness (QED) is 0.661. The molecule has 1 atom stereocenters. The average Bonchev–Trinajstić information content (AvgIpc) is 2.30. The molecular formula is C12H18N2O4. The molecule has 6 heteroatoms. The topological polar surface area (TPSA) is 116 Å². The lowest BCUT2D eigenvalue weighted by molar-refractivity contribution is -0.123. The summed E-state index contributed by atoms with van der Waals surface area (Å²) in [6.45, 7) is 1.37. The van der Waals surface area contributed by atoms with Gasteiger partial charge in [-0.3, -0.25) is 9.59 Å². The van der Waals surface area contributed by atoms with Gasteiger partial charge in [-0.1, -0.05) is 12.1 Å². The first-order valence-electron chi connectivity index (χ1n) is 5.17. The molecule has 100 valence electrons. The molecule has 0 aliphatic heterocycles. The van der Waals surface area contributed by atoms with Gasteiger partial charge in [-0.05, 0) is 31.0 Å². The van der Waals surface area contributed by atoms with E-state index in [0.717, 1.165) is 11.3 Å². The summed E-state index contributed by atoms with van der Waals surface area (Å²) < 4.78 is 5.02. The molecule has 5 N–H and O–H groups in total. The normalized spacial score (nSPS) is 12.6. The number of methoxy groups -OCH3 is 1. The first-order chi connectivity index (χ1) is 8.37. The second-order valence-corrected chi connectivity index (χ2v) is 3.91. The summed E-state index contributed by atoms with van der Waals surface area (Å²) >= 11 is 0. The van der Waals surface area contributed by atoms with Crippen LogP contribution >= 0.6 is 0 Å². The molecule has 1 aromatic carbocycles. The van der Waals surface area contributed by atoms with Crippen LogP contribution in [0.5, 0.6) is 5.75 Å². The molecule has 0 radical (unpaired) electrons. The molecule has 0 aromatic heterocycles. The van der Waals surface area contributed by atoms with E-state index in [1.807, 2.05) is 24.3 Å². The lowest BCUT2D eigenvalue weighted by atomic mass is 9.93.